The summed E-state index contributed by atoms with van der Waals surface area (Å²) >= 11 is 0. The van der Waals surface area contributed by atoms with E-state index in [0.29, 0.717) is 0 Å². The van der Waals surface area contributed by atoms with E-state index in [-0.39, 0.29) is 24.8 Å². The number of hydrogen-bond donors (Lipinski definition) is 4. The lowest BCUT2D eigenvalue weighted by Crippen LogP contribution is -2.36. The van der Waals surface area contributed by atoms with Gasteiger partial charge >= 0.3 is 0 Å². The molecule has 2 amide bonds. The van der Waals surface area contributed by atoms with Crippen molar-refractivity contribution in [1.82, 2.24) is 10.0 Å². The molecular weight excluding hydrogens is 327 g/mol. The highest BCUT2D eigenvalue weighted by Gasteiger charge is 2.29. The van der Waals surface area contributed by atoms with Gasteiger partial charge < -0.3 is 16.4 Å². The Morgan fingerprint density at radius 1 is 1.26 bits per heavy atom. The molecule has 5 N–H and O–H groups in total. The summed E-state index contributed by atoms with van der Waals surface area (Å²) < 4.78 is 40.3. The number of benzene rings is 1. The van der Waals surface area contributed by atoms with Crippen molar-refractivity contribution in [1.29, 1.82) is 0 Å². The molecule has 1 fully saturated rings. The quantitative estimate of drug-likeness (QED) is 0.518. The van der Waals surface area contributed by atoms with Gasteiger partial charge in [0.2, 0.25) is 21.8 Å². The minimum absolute atomic E-state index is 0.106. The van der Waals surface area contributed by atoms with Gasteiger partial charge in [-0.25, -0.2) is 17.5 Å². The number of nitrogens with two attached hydrogens (primary N) is 1. The van der Waals surface area contributed by atoms with Gasteiger partial charge in [0.25, 0.3) is 0 Å². The number of sulfonamides is 1. The van der Waals surface area contributed by atoms with E-state index in [2.05, 4.69) is 15.4 Å². The highest BCUT2D eigenvalue weighted by atomic mass is 32.2. The van der Waals surface area contributed by atoms with Gasteiger partial charge in [-0.1, -0.05) is 0 Å². The van der Waals surface area contributed by atoms with Crippen LogP contribution in [0.3, 0.4) is 0 Å². The normalized spacial score (nSPS) is 14.3. The molecule has 0 heterocycles. The molecule has 0 bridgehead atoms. The van der Waals surface area contributed by atoms with Gasteiger partial charge in [-0.15, -0.1) is 0 Å². The summed E-state index contributed by atoms with van der Waals surface area (Å²) in [4.78, 5) is 22.1. The summed E-state index contributed by atoms with van der Waals surface area (Å²) in [6.45, 7) is -0.575. The van der Waals surface area contributed by atoms with Crippen molar-refractivity contribution < 1.29 is 22.4 Å². The van der Waals surface area contributed by atoms with Crippen LogP contribution < -0.4 is 21.1 Å². The fraction of sp³-hybridized carbons (Fsp3) is 0.385. The Labute approximate surface area is 132 Å². The van der Waals surface area contributed by atoms with Crippen LogP contribution in [0.5, 0.6) is 0 Å². The van der Waals surface area contributed by atoms with Crippen LogP contribution in [0.2, 0.25) is 0 Å². The van der Waals surface area contributed by atoms with Crippen molar-refractivity contribution in [2.75, 3.05) is 18.4 Å². The molecule has 0 atom stereocenters. The Morgan fingerprint density at radius 2 is 1.96 bits per heavy atom. The monoisotopic (exact) mass is 344 g/mol. The first-order chi connectivity index (χ1) is 10.8. The third-order valence-electron chi connectivity index (χ3n) is 3.04. The maximum Gasteiger partial charge on any atom is 0.243 e. The third-order valence-corrected chi connectivity index (χ3v) is 4.57. The van der Waals surface area contributed by atoms with Gasteiger partial charge in [-0.2, -0.15) is 0 Å². The fourth-order valence-electron chi connectivity index (χ4n) is 1.73. The average molecular weight is 344 g/mol. The van der Waals surface area contributed by atoms with Gasteiger partial charge in [0.05, 0.1) is 13.1 Å². The molecule has 0 unspecified atom stereocenters. The zero-order chi connectivity index (χ0) is 17.0. The van der Waals surface area contributed by atoms with Crippen LogP contribution in [0.25, 0.3) is 0 Å². The van der Waals surface area contributed by atoms with E-state index >= 15 is 0 Å². The van der Waals surface area contributed by atoms with Crippen LogP contribution in [0.1, 0.15) is 12.8 Å². The zero-order valence-electron chi connectivity index (χ0n) is 12.1. The van der Waals surface area contributed by atoms with Gasteiger partial charge in [-0.05, 0) is 31.0 Å². The van der Waals surface area contributed by atoms with Crippen molar-refractivity contribution in [2.45, 2.75) is 23.8 Å². The molecule has 1 saturated carbocycles. The number of carbonyl (C=O) groups is 2. The third kappa shape index (κ3) is 4.98. The van der Waals surface area contributed by atoms with E-state index in [4.69, 9.17) is 5.73 Å². The largest absolute Gasteiger partial charge is 0.346 e. The maximum atomic E-state index is 13.8. The number of amides is 2. The van der Waals surface area contributed by atoms with E-state index in [1.807, 2.05) is 0 Å². The van der Waals surface area contributed by atoms with Crippen molar-refractivity contribution in [3.8, 4) is 0 Å². The number of halogens is 1. The SMILES string of the molecule is NCC(=O)NCC(=O)Nc1ccc(F)c(S(=O)(=O)NC2CC2)c1. The van der Waals surface area contributed by atoms with Crippen LogP contribution in [0.4, 0.5) is 10.1 Å². The van der Waals surface area contributed by atoms with E-state index in [0.717, 1.165) is 25.0 Å². The second kappa shape index (κ2) is 7.02. The summed E-state index contributed by atoms with van der Waals surface area (Å²) in [7, 11) is -3.98. The maximum absolute atomic E-state index is 13.8. The predicted octanol–water partition coefficient (Wildman–Crippen LogP) is -0.720. The van der Waals surface area contributed by atoms with E-state index in [1.54, 1.807) is 0 Å². The summed E-state index contributed by atoms with van der Waals surface area (Å²) in [6, 6.07) is 3.05. The summed E-state index contributed by atoms with van der Waals surface area (Å²) in [5, 5.41) is 4.64. The lowest BCUT2D eigenvalue weighted by Gasteiger charge is -2.10. The summed E-state index contributed by atoms with van der Waals surface area (Å²) in [6.07, 6.45) is 1.44. The van der Waals surface area contributed by atoms with E-state index < -0.39 is 32.6 Å². The smallest absolute Gasteiger partial charge is 0.243 e. The van der Waals surface area contributed by atoms with Crippen LogP contribution in [-0.4, -0.2) is 39.4 Å². The molecule has 0 spiro atoms. The van der Waals surface area contributed by atoms with E-state index in [9.17, 15) is 22.4 Å². The Kier molecular flexibility index (Phi) is 5.29. The fourth-order valence-corrected chi connectivity index (χ4v) is 3.14. The highest BCUT2D eigenvalue weighted by molar-refractivity contribution is 7.89. The lowest BCUT2D eigenvalue weighted by atomic mass is 10.3. The van der Waals surface area contributed by atoms with Crippen LogP contribution in [-0.2, 0) is 19.6 Å². The average Bonchev–Trinajstić information content (AvgIpc) is 3.29. The minimum Gasteiger partial charge on any atom is -0.346 e. The first-order valence-corrected chi connectivity index (χ1v) is 8.38. The molecule has 1 aliphatic rings. The Hall–Kier alpha value is -2.04. The van der Waals surface area contributed by atoms with Gasteiger partial charge in [0.1, 0.15) is 10.7 Å². The molecule has 0 aromatic heterocycles. The van der Waals surface area contributed by atoms with Gasteiger partial charge in [0.15, 0.2) is 0 Å². The first-order valence-electron chi connectivity index (χ1n) is 6.90. The van der Waals surface area contributed by atoms with Crippen molar-refractivity contribution >= 4 is 27.5 Å². The molecule has 0 saturated heterocycles. The van der Waals surface area contributed by atoms with Crippen molar-refractivity contribution in [3.63, 3.8) is 0 Å². The number of rotatable bonds is 7. The lowest BCUT2D eigenvalue weighted by molar-refractivity contribution is -0.123. The highest BCUT2D eigenvalue weighted by Crippen LogP contribution is 2.25. The van der Waals surface area contributed by atoms with Crippen molar-refractivity contribution in [2.24, 2.45) is 5.73 Å². The van der Waals surface area contributed by atoms with Crippen LogP contribution >= 0.6 is 0 Å². The topological polar surface area (TPSA) is 130 Å². The number of hydrogen-bond acceptors (Lipinski definition) is 5. The molecule has 1 aromatic carbocycles. The Bertz CT molecular complexity index is 719. The van der Waals surface area contributed by atoms with Crippen LogP contribution in [0.15, 0.2) is 23.1 Å². The molecule has 0 radical (unpaired) electrons. The Balaban J connectivity index is 2.07. The Morgan fingerprint density at radius 3 is 2.57 bits per heavy atom. The summed E-state index contributed by atoms with van der Waals surface area (Å²) in [5.41, 5.74) is 5.19. The second-order valence-corrected chi connectivity index (χ2v) is 6.75. The molecule has 0 aliphatic heterocycles. The molecule has 23 heavy (non-hydrogen) atoms. The molecular formula is C13H17FN4O4S. The molecule has 8 nitrogen and oxygen atoms in total. The van der Waals surface area contributed by atoms with Crippen molar-refractivity contribution in [3.05, 3.63) is 24.0 Å². The van der Waals surface area contributed by atoms with Gasteiger partial charge in [-0.3, -0.25) is 9.59 Å². The minimum atomic E-state index is -3.98. The second-order valence-electron chi connectivity index (χ2n) is 5.07. The molecule has 10 heteroatoms. The molecule has 1 aromatic rings. The molecule has 1 aliphatic carbocycles. The van der Waals surface area contributed by atoms with Gasteiger partial charge in [0, 0.05) is 11.7 Å². The number of anilines is 1. The van der Waals surface area contributed by atoms with E-state index in [1.165, 1.54) is 6.07 Å². The predicted molar refractivity (Wildman–Crippen MR) is 80.4 cm³/mol. The van der Waals surface area contributed by atoms with Crippen LogP contribution in [0, 0.1) is 5.82 Å². The first kappa shape index (κ1) is 17.3. The zero-order valence-corrected chi connectivity index (χ0v) is 13.0. The number of carbonyl (C=O) groups excluding carboxylic acids is 2. The summed E-state index contributed by atoms with van der Waals surface area (Å²) in [5.74, 6) is -2.00. The number of nitrogens with one attached hydrogen (secondary N) is 3. The molecule has 126 valence electrons. The molecule has 2 rings (SSSR count). The standard InChI is InChI=1S/C13H17FN4O4S/c14-10-4-3-9(17-13(20)7-16-12(19)6-15)5-11(10)23(21,22)18-8-1-2-8/h3-5,8,18H,1-2,6-7,15H2,(H,16,19)(H,17,20).